The number of nitrogens with zero attached hydrogens (tertiary/aromatic N) is 1. The van der Waals surface area contributed by atoms with Gasteiger partial charge in [0.25, 0.3) is 5.24 Å². The third-order valence-electron chi connectivity index (χ3n) is 4.02. The second-order valence-electron chi connectivity index (χ2n) is 5.88. The van der Waals surface area contributed by atoms with Crippen molar-refractivity contribution in [2.75, 3.05) is 18.1 Å². The third kappa shape index (κ3) is 4.39. The summed E-state index contributed by atoms with van der Waals surface area (Å²) < 4.78 is 11.2. The number of thioether (sulfide) groups is 1. The summed E-state index contributed by atoms with van der Waals surface area (Å²) in [5.41, 5.74) is 1.41. The van der Waals surface area contributed by atoms with Gasteiger partial charge in [-0.05, 0) is 56.2 Å². The lowest BCUT2D eigenvalue weighted by Crippen LogP contribution is -2.32. The molecule has 0 radical (unpaired) electrons. The largest absolute Gasteiger partial charge is 0.490 e. The zero-order valence-corrected chi connectivity index (χ0v) is 16.7. The lowest BCUT2D eigenvalue weighted by molar-refractivity contribution is -0.117. The number of carbonyl (C=O) groups is 2. The second kappa shape index (κ2) is 8.67. The summed E-state index contributed by atoms with van der Waals surface area (Å²) >= 11 is 7.02. The molecule has 142 valence electrons. The van der Waals surface area contributed by atoms with Crippen LogP contribution in [0.15, 0.2) is 42.5 Å². The molecular formula is C20H20ClNO4S. The van der Waals surface area contributed by atoms with E-state index in [0.29, 0.717) is 41.8 Å². The van der Waals surface area contributed by atoms with Crippen molar-refractivity contribution in [2.24, 2.45) is 0 Å². The number of hydrogen-bond donors (Lipinski definition) is 0. The summed E-state index contributed by atoms with van der Waals surface area (Å²) in [5.74, 6) is 1.08. The van der Waals surface area contributed by atoms with Gasteiger partial charge in [0.05, 0.1) is 24.2 Å². The minimum absolute atomic E-state index is 0.237. The van der Waals surface area contributed by atoms with Crippen LogP contribution in [0.3, 0.4) is 0 Å². The van der Waals surface area contributed by atoms with Crippen LogP contribution in [0.25, 0.3) is 0 Å². The maximum absolute atomic E-state index is 12.8. The van der Waals surface area contributed by atoms with Crippen molar-refractivity contribution in [1.29, 1.82) is 0 Å². The molecular weight excluding hydrogens is 386 g/mol. The van der Waals surface area contributed by atoms with E-state index in [2.05, 4.69) is 0 Å². The summed E-state index contributed by atoms with van der Waals surface area (Å²) in [5, 5.41) is -0.290. The van der Waals surface area contributed by atoms with Gasteiger partial charge in [0, 0.05) is 5.02 Å². The van der Waals surface area contributed by atoms with Crippen molar-refractivity contribution in [3.8, 4) is 11.5 Å². The molecule has 2 amide bonds. The van der Waals surface area contributed by atoms with E-state index in [-0.39, 0.29) is 11.1 Å². The van der Waals surface area contributed by atoms with Crippen LogP contribution in [0.4, 0.5) is 10.5 Å². The fourth-order valence-corrected chi connectivity index (χ4v) is 4.08. The molecule has 0 aromatic heterocycles. The van der Waals surface area contributed by atoms with Crippen molar-refractivity contribution >= 4 is 40.2 Å². The molecule has 0 N–H and O–H groups in total. The molecule has 5 nitrogen and oxygen atoms in total. The molecule has 7 heteroatoms. The first kappa shape index (κ1) is 19.6. The second-order valence-corrected chi connectivity index (χ2v) is 7.47. The van der Waals surface area contributed by atoms with E-state index in [1.165, 1.54) is 4.90 Å². The Labute approximate surface area is 167 Å². The number of rotatable bonds is 7. The Morgan fingerprint density at radius 3 is 2.48 bits per heavy atom. The average Bonchev–Trinajstić information content (AvgIpc) is 2.91. The van der Waals surface area contributed by atoms with E-state index in [9.17, 15) is 9.59 Å². The summed E-state index contributed by atoms with van der Waals surface area (Å²) in [6.07, 6.45) is 0.429. The van der Waals surface area contributed by atoms with Crippen LogP contribution in [0.2, 0.25) is 5.02 Å². The quantitative estimate of drug-likeness (QED) is 0.652. The number of ether oxygens (including phenoxy) is 2. The average molecular weight is 406 g/mol. The van der Waals surface area contributed by atoms with Gasteiger partial charge in [-0.2, -0.15) is 0 Å². The summed E-state index contributed by atoms with van der Waals surface area (Å²) in [6.45, 7) is 4.87. The van der Waals surface area contributed by atoms with Crippen LogP contribution in [-0.2, 0) is 11.2 Å². The zero-order valence-electron chi connectivity index (χ0n) is 15.1. The maximum Gasteiger partial charge on any atom is 0.293 e. The normalized spacial score (nSPS) is 16.7. The highest BCUT2D eigenvalue weighted by Gasteiger charge is 2.40. The number of imide groups is 1. The SMILES string of the molecule is CCOc1ccc(C[C@H]2SC(=O)N(c3cccc(Cl)c3)C2=O)cc1OCC. The van der Waals surface area contributed by atoms with E-state index in [1.807, 2.05) is 32.0 Å². The first-order valence-corrected chi connectivity index (χ1v) is 9.98. The molecule has 0 spiro atoms. The molecule has 3 rings (SSSR count). The molecule has 1 aliphatic rings. The predicted octanol–water partition coefficient (Wildman–Crippen LogP) is 4.95. The number of amides is 2. The molecule has 0 saturated carbocycles. The first-order chi connectivity index (χ1) is 13.0. The Balaban J connectivity index is 1.79. The van der Waals surface area contributed by atoms with Gasteiger partial charge in [0.2, 0.25) is 5.91 Å². The smallest absolute Gasteiger partial charge is 0.293 e. The Morgan fingerprint density at radius 2 is 1.78 bits per heavy atom. The standard InChI is InChI=1S/C20H20ClNO4S/c1-3-25-16-9-8-13(10-17(16)26-4-2)11-18-19(23)22(20(24)27-18)15-7-5-6-14(21)12-15/h5-10,12,18H,3-4,11H2,1-2H3/t18-/m1/s1. The third-order valence-corrected chi connectivity index (χ3v) is 5.29. The topological polar surface area (TPSA) is 55.8 Å². The van der Waals surface area contributed by atoms with Gasteiger partial charge >= 0.3 is 0 Å². The molecule has 27 heavy (non-hydrogen) atoms. The van der Waals surface area contributed by atoms with Crippen LogP contribution < -0.4 is 14.4 Å². The molecule has 0 bridgehead atoms. The van der Waals surface area contributed by atoms with Gasteiger partial charge in [0.15, 0.2) is 11.5 Å². The summed E-state index contributed by atoms with van der Waals surface area (Å²) in [6, 6.07) is 12.3. The Hall–Kier alpha value is -2.18. The van der Waals surface area contributed by atoms with E-state index >= 15 is 0 Å². The maximum atomic E-state index is 12.8. The highest BCUT2D eigenvalue weighted by atomic mass is 35.5. The molecule has 1 heterocycles. The van der Waals surface area contributed by atoms with Gasteiger partial charge in [0.1, 0.15) is 0 Å². The predicted molar refractivity (Wildman–Crippen MR) is 108 cm³/mol. The van der Waals surface area contributed by atoms with E-state index < -0.39 is 5.25 Å². The van der Waals surface area contributed by atoms with Crippen LogP contribution in [0.5, 0.6) is 11.5 Å². The van der Waals surface area contributed by atoms with Crippen LogP contribution >= 0.6 is 23.4 Å². The molecule has 0 unspecified atom stereocenters. The highest BCUT2D eigenvalue weighted by Crippen LogP contribution is 2.36. The van der Waals surface area contributed by atoms with Gasteiger partial charge in [-0.3, -0.25) is 9.59 Å². The van der Waals surface area contributed by atoms with Gasteiger partial charge in [-0.1, -0.05) is 35.5 Å². The number of hydrogen-bond acceptors (Lipinski definition) is 5. The zero-order chi connectivity index (χ0) is 19.4. The summed E-state index contributed by atoms with van der Waals surface area (Å²) in [4.78, 5) is 26.4. The molecule has 1 atom stereocenters. The lowest BCUT2D eigenvalue weighted by atomic mass is 10.1. The molecule has 1 saturated heterocycles. The van der Waals surface area contributed by atoms with Gasteiger partial charge in [-0.25, -0.2) is 4.90 Å². The first-order valence-electron chi connectivity index (χ1n) is 8.72. The van der Waals surface area contributed by atoms with Crippen LogP contribution in [-0.4, -0.2) is 29.6 Å². The van der Waals surface area contributed by atoms with E-state index in [1.54, 1.807) is 24.3 Å². The van der Waals surface area contributed by atoms with Gasteiger partial charge in [-0.15, -0.1) is 0 Å². The fourth-order valence-electron chi connectivity index (χ4n) is 2.87. The van der Waals surface area contributed by atoms with E-state index in [4.69, 9.17) is 21.1 Å². The van der Waals surface area contributed by atoms with Crippen molar-refractivity contribution < 1.29 is 19.1 Å². The van der Waals surface area contributed by atoms with Crippen molar-refractivity contribution in [3.05, 3.63) is 53.1 Å². The number of halogens is 1. The minimum Gasteiger partial charge on any atom is -0.490 e. The van der Waals surface area contributed by atoms with Crippen molar-refractivity contribution in [3.63, 3.8) is 0 Å². The number of anilines is 1. The lowest BCUT2D eigenvalue weighted by Gasteiger charge is -2.15. The Bertz CT molecular complexity index is 858. The molecule has 0 aliphatic carbocycles. The van der Waals surface area contributed by atoms with Crippen LogP contribution in [0.1, 0.15) is 19.4 Å². The fraction of sp³-hybridized carbons (Fsp3) is 0.300. The molecule has 2 aromatic carbocycles. The van der Waals surface area contributed by atoms with Gasteiger partial charge < -0.3 is 9.47 Å². The molecule has 1 aliphatic heterocycles. The Morgan fingerprint density at radius 1 is 1.04 bits per heavy atom. The summed E-state index contributed by atoms with van der Waals surface area (Å²) in [7, 11) is 0. The van der Waals surface area contributed by atoms with Crippen LogP contribution in [0, 0.1) is 0 Å². The van der Waals surface area contributed by atoms with Crippen molar-refractivity contribution in [2.45, 2.75) is 25.5 Å². The monoisotopic (exact) mass is 405 g/mol. The Kier molecular flexibility index (Phi) is 6.29. The molecule has 1 fully saturated rings. The number of carbonyl (C=O) groups excluding carboxylic acids is 2. The van der Waals surface area contributed by atoms with Crippen molar-refractivity contribution in [1.82, 2.24) is 0 Å². The van der Waals surface area contributed by atoms with E-state index in [0.717, 1.165) is 17.3 Å². The molecule has 2 aromatic rings. The highest BCUT2D eigenvalue weighted by molar-refractivity contribution is 8.15. The minimum atomic E-state index is -0.482. The number of benzene rings is 2.